The van der Waals surface area contributed by atoms with Gasteiger partial charge >= 0.3 is 0 Å². The van der Waals surface area contributed by atoms with E-state index in [1.54, 1.807) is 25.2 Å². The van der Waals surface area contributed by atoms with Crippen LogP contribution in [0.3, 0.4) is 0 Å². The van der Waals surface area contributed by atoms with E-state index in [0.717, 1.165) is 44.0 Å². The number of methoxy groups -OCH3 is 2. The fraction of sp³-hybridized carbons (Fsp3) is 0.310. The van der Waals surface area contributed by atoms with Gasteiger partial charge in [-0.15, -0.1) is 0 Å². The number of amides is 1. The van der Waals surface area contributed by atoms with Gasteiger partial charge in [0.05, 0.1) is 27.4 Å². The lowest BCUT2D eigenvalue weighted by atomic mass is 10.2. The third kappa shape index (κ3) is 5.91. The normalized spacial score (nSPS) is 13.8. The number of morpholine rings is 1. The number of thiazole rings is 1. The Morgan fingerprint density at radius 3 is 2.47 bits per heavy atom. The zero-order chi connectivity index (χ0) is 26.3. The number of fused-ring (bicyclic) bond motifs is 1. The quantitative estimate of drug-likeness (QED) is 0.267. The molecule has 0 unspecified atom stereocenters. The number of hydrogen-bond acceptors (Lipinski definition) is 8. The van der Waals surface area contributed by atoms with Crippen LogP contribution in [0.15, 0.2) is 66.7 Å². The van der Waals surface area contributed by atoms with Gasteiger partial charge in [-0.1, -0.05) is 35.6 Å². The van der Waals surface area contributed by atoms with Crippen molar-refractivity contribution >= 4 is 32.6 Å². The van der Waals surface area contributed by atoms with E-state index in [1.165, 1.54) is 11.3 Å². The third-order valence-corrected chi connectivity index (χ3v) is 7.49. The van der Waals surface area contributed by atoms with Gasteiger partial charge in [-0.2, -0.15) is 0 Å². The van der Waals surface area contributed by atoms with Crippen molar-refractivity contribution in [3.8, 4) is 23.0 Å². The van der Waals surface area contributed by atoms with Crippen LogP contribution < -0.4 is 19.1 Å². The highest BCUT2D eigenvalue weighted by Gasteiger charge is 2.24. The maximum absolute atomic E-state index is 14.0. The average Bonchev–Trinajstić information content (AvgIpc) is 3.41. The second kappa shape index (κ2) is 12.3. The summed E-state index contributed by atoms with van der Waals surface area (Å²) in [5, 5.41) is 0.601. The summed E-state index contributed by atoms with van der Waals surface area (Å²) in [5.74, 6) is 2.51. The molecule has 1 fully saturated rings. The first-order valence-electron chi connectivity index (χ1n) is 12.6. The Balaban J connectivity index is 1.44. The van der Waals surface area contributed by atoms with Gasteiger partial charge in [0.2, 0.25) is 0 Å². The number of nitrogens with zero attached hydrogens (tertiary/aromatic N) is 3. The van der Waals surface area contributed by atoms with E-state index in [1.807, 2.05) is 60.7 Å². The minimum Gasteiger partial charge on any atom is -0.495 e. The highest BCUT2D eigenvalue weighted by atomic mass is 32.1. The fourth-order valence-corrected chi connectivity index (χ4v) is 5.52. The van der Waals surface area contributed by atoms with Gasteiger partial charge in [-0.3, -0.25) is 14.6 Å². The van der Waals surface area contributed by atoms with Crippen molar-refractivity contribution in [3.05, 3.63) is 72.3 Å². The van der Waals surface area contributed by atoms with E-state index >= 15 is 0 Å². The van der Waals surface area contributed by atoms with Gasteiger partial charge in [-0.25, -0.2) is 4.98 Å². The molecule has 0 spiro atoms. The van der Waals surface area contributed by atoms with Crippen LogP contribution in [-0.4, -0.2) is 69.4 Å². The summed E-state index contributed by atoms with van der Waals surface area (Å²) in [6, 6.07) is 20.5. The highest BCUT2D eigenvalue weighted by molar-refractivity contribution is 7.22. The molecular weight excluding hydrogens is 502 g/mol. The van der Waals surface area contributed by atoms with Gasteiger partial charge in [-0.05, 0) is 48.9 Å². The first kappa shape index (κ1) is 26.0. The van der Waals surface area contributed by atoms with Crippen LogP contribution in [0.25, 0.3) is 10.2 Å². The zero-order valence-electron chi connectivity index (χ0n) is 21.6. The lowest BCUT2D eigenvalue weighted by molar-refractivity contribution is 0.0376. The second-order valence-corrected chi connectivity index (χ2v) is 9.83. The molecule has 0 saturated carbocycles. The smallest absolute Gasteiger partial charge is 0.260 e. The molecule has 0 bridgehead atoms. The van der Waals surface area contributed by atoms with E-state index < -0.39 is 0 Å². The van der Waals surface area contributed by atoms with Gasteiger partial charge in [0.15, 0.2) is 5.13 Å². The van der Waals surface area contributed by atoms with Crippen LogP contribution in [0.5, 0.6) is 23.0 Å². The molecule has 38 heavy (non-hydrogen) atoms. The molecule has 198 valence electrons. The van der Waals surface area contributed by atoms with Crippen molar-refractivity contribution in [2.75, 3.05) is 58.5 Å². The Hall–Kier alpha value is -3.66. The minimum atomic E-state index is -0.137. The Morgan fingerprint density at radius 1 is 0.974 bits per heavy atom. The number of anilines is 1. The first-order valence-corrected chi connectivity index (χ1v) is 13.4. The molecule has 1 aromatic heterocycles. The summed E-state index contributed by atoms with van der Waals surface area (Å²) >= 11 is 1.43. The maximum atomic E-state index is 14.0. The van der Waals surface area contributed by atoms with E-state index in [-0.39, 0.29) is 5.91 Å². The monoisotopic (exact) mass is 533 g/mol. The summed E-state index contributed by atoms with van der Waals surface area (Å²) in [6.07, 6.45) is 0.802. The number of aromatic nitrogens is 1. The van der Waals surface area contributed by atoms with Crippen LogP contribution in [0, 0.1) is 0 Å². The predicted octanol–water partition coefficient (Wildman–Crippen LogP) is 5.47. The topological polar surface area (TPSA) is 73.4 Å². The predicted molar refractivity (Wildman–Crippen MR) is 149 cm³/mol. The lowest BCUT2D eigenvalue weighted by Crippen LogP contribution is -2.39. The molecular formula is C29H31N3O5S. The number of carbonyl (C=O) groups is 1. The summed E-state index contributed by atoms with van der Waals surface area (Å²) < 4.78 is 23.4. The molecule has 1 saturated heterocycles. The summed E-state index contributed by atoms with van der Waals surface area (Å²) in [4.78, 5) is 22.9. The number of benzene rings is 3. The molecule has 1 aliphatic heterocycles. The molecule has 0 N–H and O–H groups in total. The first-order chi connectivity index (χ1) is 18.7. The molecule has 9 heteroatoms. The van der Waals surface area contributed by atoms with Crippen molar-refractivity contribution in [2.45, 2.75) is 6.42 Å². The van der Waals surface area contributed by atoms with Gasteiger partial charge in [0, 0.05) is 31.7 Å². The molecule has 3 aromatic carbocycles. The maximum Gasteiger partial charge on any atom is 0.260 e. The fourth-order valence-electron chi connectivity index (χ4n) is 4.42. The van der Waals surface area contributed by atoms with Crippen molar-refractivity contribution in [2.24, 2.45) is 0 Å². The SMILES string of the molecule is COc1ccc(OC)c2sc(N(CCCN3CCOCC3)C(=O)c3cccc(Oc4ccccc4)c3)nc12. The largest absolute Gasteiger partial charge is 0.495 e. The second-order valence-electron chi connectivity index (χ2n) is 8.85. The van der Waals surface area contributed by atoms with Crippen LogP contribution in [0.2, 0.25) is 0 Å². The van der Waals surface area contributed by atoms with Crippen LogP contribution in [0.1, 0.15) is 16.8 Å². The zero-order valence-corrected chi connectivity index (χ0v) is 22.4. The standard InChI is InChI=1S/C29H31N3O5S/c1-34-24-12-13-25(35-2)27-26(24)30-29(38-27)32(15-7-14-31-16-18-36-19-17-31)28(33)21-8-6-11-23(20-21)37-22-9-4-3-5-10-22/h3-6,8-13,20H,7,14-19H2,1-2H3. The number of rotatable bonds is 10. The van der Waals surface area contributed by atoms with E-state index in [2.05, 4.69) is 4.90 Å². The van der Waals surface area contributed by atoms with Gasteiger partial charge in [0.1, 0.15) is 33.2 Å². The number of carbonyl (C=O) groups excluding carboxylic acids is 1. The molecule has 5 rings (SSSR count). The molecule has 1 amide bonds. The average molecular weight is 534 g/mol. The van der Waals surface area contributed by atoms with E-state index in [4.69, 9.17) is 23.9 Å². The number of hydrogen-bond donors (Lipinski definition) is 0. The van der Waals surface area contributed by atoms with Gasteiger partial charge < -0.3 is 18.9 Å². The molecule has 4 aromatic rings. The Labute approximate surface area is 226 Å². The van der Waals surface area contributed by atoms with Gasteiger partial charge in [0.25, 0.3) is 5.91 Å². The van der Waals surface area contributed by atoms with Crippen molar-refractivity contribution in [1.82, 2.24) is 9.88 Å². The van der Waals surface area contributed by atoms with Crippen molar-refractivity contribution in [1.29, 1.82) is 0 Å². The number of ether oxygens (including phenoxy) is 4. The molecule has 0 aliphatic carbocycles. The number of para-hydroxylation sites is 1. The molecule has 2 heterocycles. The third-order valence-electron chi connectivity index (χ3n) is 6.39. The van der Waals surface area contributed by atoms with E-state index in [0.29, 0.717) is 45.8 Å². The van der Waals surface area contributed by atoms with Crippen LogP contribution in [-0.2, 0) is 4.74 Å². The summed E-state index contributed by atoms with van der Waals surface area (Å²) in [6.45, 7) is 4.69. The molecule has 1 aliphatic rings. The van der Waals surface area contributed by atoms with Crippen molar-refractivity contribution < 1.29 is 23.7 Å². The van der Waals surface area contributed by atoms with E-state index in [9.17, 15) is 4.79 Å². The minimum absolute atomic E-state index is 0.137. The Bertz CT molecular complexity index is 1330. The summed E-state index contributed by atoms with van der Waals surface area (Å²) in [7, 11) is 3.24. The Kier molecular flexibility index (Phi) is 8.37. The van der Waals surface area contributed by atoms with Crippen LogP contribution >= 0.6 is 11.3 Å². The molecule has 0 atom stereocenters. The summed E-state index contributed by atoms with van der Waals surface area (Å²) in [5.41, 5.74) is 1.21. The molecule has 8 nitrogen and oxygen atoms in total. The lowest BCUT2D eigenvalue weighted by Gasteiger charge is -2.27. The highest BCUT2D eigenvalue weighted by Crippen LogP contribution is 2.40. The Morgan fingerprint density at radius 2 is 1.71 bits per heavy atom. The van der Waals surface area contributed by atoms with Crippen LogP contribution in [0.4, 0.5) is 5.13 Å². The van der Waals surface area contributed by atoms with Crippen molar-refractivity contribution in [3.63, 3.8) is 0 Å². The molecule has 0 radical (unpaired) electrons.